The molecule has 0 bridgehead atoms. The number of alkyl halides is 3. The second-order valence-corrected chi connectivity index (χ2v) is 6.14. The molecule has 1 aliphatic rings. The molecule has 1 saturated carbocycles. The average molecular weight is 285 g/mol. The first kappa shape index (κ1) is 16.1. The molecule has 1 fully saturated rings. The third-order valence-electron chi connectivity index (χ3n) is 2.95. The number of halogens is 3. The van der Waals surface area contributed by atoms with Crippen molar-refractivity contribution in [2.75, 3.05) is 25.5 Å². The van der Waals surface area contributed by atoms with Gasteiger partial charge >= 0.3 is 6.18 Å². The summed E-state index contributed by atoms with van der Waals surface area (Å²) in [7, 11) is 0. The van der Waals surface area contributed by atoms with Crippen LogP contribution in [0.25, 0.3) is 0 Å². The fourth-order valence-corrected chi connectivity index (χ4v) is 3.32. The Morgan fingerprint density at radius 2 is 2.11 bits per heavy atom. The van der Waals surface area contributed by atoms with E-state index in [0.29, 0.717) is 12.5 Å². The molecule has 2 unspecified atom stereocenters. The summed E-state index contributed by atoms with van der Waals surface area (Å²) in [5, 5.41) is 4.15. The fourth-order valence-electron chi connectivity index (χ4n) is 2.18. The van der Waals surface area contributed by atoms with Gasteiger partial charge in [0.15, 0.2) is 0 Å². The smallest absolute Gasteiger partial charge is 0.372 e. The quantitative estimate of drug-likeness (QED) is 0.692. The summed E-state index contributed by atoms with van der Waals surface area (Å²) in [4.78, 5) is 0. The maximum absolute atomic E-state index is 11.8. The lowest BCUT2D eigenvalue weighted by molar-refractivity contribution is -0.173. The van der Waals surface area contributed by atoms with E-state index in [1.165, 1.54) is 19.3 Å². The lowest BCUT2D eigenvalue weighted by atomic mass is 10.2. The van der Waals surface area contributed by atoms with Crippen LogP contribution < -0.4 is 5.32 Å². The number of rotatable bonds is 8. The molecule has 1 N–H and O–H groups in total. The van der Waals surface area contributed by atoms with Crippen molar-refractivity contribution in [3.63, 3.8) is 0 Å². The van der Waals surface area contributed by atoms with Gasteiger partial charge in [-0.3, -0.25) is 0 Å². The molecule has 2 atom stereocenters. The Morgan fingerprint density at radius 3 is 2.78 bits per heavy atom. The van der Waals surface area contributed by atoms with Crippen LogP contribution in [-0.2, 0) is 4.74 Å². The number of hydrogen-bond donors (Lipinski definition) is 1. The first-order chi connectivity index (χ1) is 8.51. The second kappa shape index (κ2) is 8.27. The van der Waals surface area contributed by atoms with E-state index in [-0.39, 0.29) is 6.61 Å². The SMILES string of the molecule is CCSC1CCC(NCCCOCC(F)(F)F)C1. The third-order valence-corrected chi connectivity index (χ3v) is 4.18. The van der Waals surface area contributed by atoms with Gasteiger partial charge in [0.25, 0.3) is 0 Å². The molecular formula is C12H22F3NOS. The molecule has 0 aromatic carbocycles. The normalized spacial score (nSPS) is 24.7. The molecule has 0 aromatic heterocycles. The Kier molecular flexibility index (Phi) is 7.41. The van der Waals surface area contributed by atoms with Crippen molar-refractivity contribution in [1.82, 2.24) is 5.32 Å². The zero-order valence-corrected chi connectivity index (χ0v) is 11.6. The van der Waals surface area contributed by atoms with Crippen LogP contribution in [0.1, 0.15) is 32.6 Å². The van der Waals surface area contributed by atoms with E-state index >= 15 is 0 Å². The topological polar surface area (TPSA) is 21.3 Å². The Morgan fingerprint density at radius 1 is 1.33 bits per heavy atom. The van der Waals surface area contributed by atoms with E-state index in [1.807, 2.05) is 11.8 Å². The second-order valence-electron chi connectivity index (χ2n) is 4.56. The molecule has 1 aliphatic carbocycles. The molecule has 0 aromatic rings. The standard InChI is InChI=1S/C12H22F3NOS/c1-2-18-11-5-4-10(8-11)16-6-3-7-17-9-12(13,14)15/h10-11,16H,2-9H2,1H3. The summed E-state index contributed by atoms with van der Waals surface area (Å²) in [6, 6.07) is 0.539. The molecule has 2 nitrogen and oxygen atoms in total. The van der Waals surface area contributed by atoms with Gasteiger partial charge in [-0.1, -0.05) is 6.92 Å². The average Bonchev–Trinajstić information content (AvgIpc) is 2.70. The summed E-state index contributed by atoms with van der Waals surface area (Å²) in [5.41, 5.74) is 0. The highest BCUT2D eigenvalue weighted by Gasteiger charge is 2.27. The predicted octanol–water partition coefficient (Wildman–Crippen LogP) is 3.22. The predicted molar refractivity (Wildman–Crippen MR) is 69.1 cm³/mol. The van der Waals surface area contributed by atoms with Crippen LogP contribution in [0.15, 0.2) is 0 Å². The van der Waals surface area contributed by atoms with Crippen molar-refractivity contribution in [2.45, 2.75) is 50.1 Å². The van der Waals surface area contributed by atoms with Gasteiger partial charge in [0.2, 0.25) is 0 Å². The minimum Gasteiger partial charge on any atom is -0.372 e. The van der Waals surface area contributed by atoms with Crippen molar-refractivity contribution in [3.8, 4) is 0 Å². The van der Waals surface area contributed by atoms with Gasteiger partial charge in [-0.25, -0.2) is 0 Å². The van der Waals surface area contributed by atoms with E-state index in [2.05, 4.69) is 17.0 Å². The highest BCUT2D eigenvalue weighted by molar-refractivity contribution is 7.99. The molecule has 0 saturated heterocycles. The maximum Gasteiger partial charge on any atom is 0.411 e. The summed E-state index contributed by atoms with van der Waals surface area (Å²) < 4.78 is 39.9. The largest absolute Gasteiger partial charge is 0.411 e. The van der Waals surface area contributed by atoms with Crippen LogP contribution in [0.3, 0.4) is 0 Å². The summed E-state index contributed by atoms with van der Waals surface area (Å²) in [5.74, 6) is 1.16. The zero-order chi connectivity index (χ0) is 13.4. The Balaban J connectivity index is 1.93. The maximum atomic E-state index is 11.8. The van der Waals surface area contributed by atoms with Gasteiger partial charge in [0, 0.05) is 17.9 Å². The van der Waals surface area contributed by atoms with Gasteiger partial charge in [0.1, 0.15) is 6.61 Å². The van der Waals surface area contributed by atoms with Crippen molar-refractivity contribution in [1.29, 1.82) is 0 Å². The van der Waals surface area contributed by atoms with E-state index in [1.54, 1.807) is 0 Å². The lowest BCUT2D eigenvalue weighted by Gasteiger charge is -2.13. The van der Waals surface area contributed by atoms with Crippen molar-refractivity contribution < 1.29 is 17.9 Å². The third kappa shape index (κ3) is 7.48. The Hall–Kier alpha value is 0.0600. The highest BCUT2D eigenvalue weighted by atomic mass is 32.2. The van der Waals surface area contributed by atoms with Crippen LogP contribution >= 0.6 is 11.8 Å². The highest BCUT2D eigenvalue weighted by Crippen LogP contribution is 2.29. The van der Waals surface area contributed by atoms with Gasteiger partial charge in [-0.15, -0.1) is 0 Å². The molecule has 0 radical (unpaired) electrons. The molecular weight excluding hydrogens is 263 g/mol. The van der Waals surface area contributed by atoms with Crippen molar-refractivity contribution in [2.24, 2.45) is 0 Å². The Bertz CT molecular complexity index is 226. The van der Waals surface area contributed by atoms with Gasteiger partial charge in [0.05, 0.1) is 0 Å². The van der Waals surface area contributed by atoms with E-state index in [9.17, 15) is 13.2 Å². The molecule has 18 heavy (non-hydrogen) atoms. The summed E-state index contributed by atoms with van der Waals surface area (Å²) in [6.07, 6.45) is 0.0470. The van der Waals surface area contributed by atoms with Gasteiger partial charge in [-0.05, 0) is 38.0 Å². The van der Waals surface area contributed by atoms with E-state index < -0.39 is 12.8 Å². The molecule has 0 spiro atoms. The molecule has 0 aliphatic heterocycles. The minimum absolute atomic E-state index is 0.173. The number of nitrogens with one attached hydrogen (secondary N) is 1. The molecule has 108 valence electrons. The molecule has 0 amide bonds. The zero-order valence-electron chi connectivity index (χ0n) is 10.8. The van der Waals surface area contributed by atoms with Crippen LogP contribution in [0.5, 0.6) is 0 Å². The molecule has 1 rings (SSSR count). The number of hydrogen-bond acceptors (Lipinski definition) is 3. The van der Waals surface area contributed by atoms with Gasteiger partial charge < -0.3 is 10.1 Å². The fraction of sp³-hybridized carbons (Fsp3) is 1.00. The number of ether oxygens (including phenoxy) is 1. The van der Waals surface area contributed by atoms with Crippen LogP contribution in [0.4, 0.5) is 13.2 Å². The first-order valence-electron chi connectivity index (χ1n) is 6.50. The van der Waals surface area contributed by atoms with Crippen molar-refractivity contribution in [3.05, 3.63) is 0 Å². The summed E-state index contributed by atoms with van der Waals surface area (Å²) >= 11 is 2.00. The Labute approximate surface area is 111 Å². The van der Waals surface area contributed by atoms with Gasteiger partial charge in [-0.2, -0.15) is 24.9 Å². The monoisotopic (exact) mass is 285 g/mol. The lowest BCUT2D eigenvalue weighted by Crippen LogP contribution is -2.28. The summed E-state index contributed by atoms with van der Waals surface area (Å²) in [6.45, 7) is 1.95. The van der Waals surface area contributed by atoms with Crippen LogP contribution in [-0.4, -0.2) is 43.0 Å². The van der Waals surface area contributed by atoms with Crippen molar-refractivity contribution >= 4 is 11.8 Å². The number of thioether (sulfide) groups is 1. The van der Waals surface area contributed by atoms with E-state index in [0.717, 1.165) is 17.5 Å². The van der Waals surface area contributed by atoms with E-state index in [4.69, 9.17) is 0 Å². The molecule has 0 heterocycles. The minimum atomic E-state index is -4.20. The van der Waals surface area contributed by atoms with Crippen LogP contribution in [0.2, 0.25) is 0 Å². The van der Waals surface area contributed by atoms with Crippen LogP contribution in [0, 0.1) is 0 Å². The first-order valence-corrected chi connectivity index (χ1v) is 7.55. The molecule has 6 heteroatoms.